The van der Waals surface area contributed by atoms with Crippen LogP contribution in [0.25, 0.3) is 0 Å². The van der Waals surface area contributed by atoms with Gasteiger partial charge in [0, 0.05) is 6.04 Å². The van der Waals surface area contributed by atoms with Crippen LogP contribution < -0.4 is 11.3 Å². The zero-order valence-electron chi connectivity index (χ0n) is 8.47. The van der Waals surface area contributed by atoms with E-state index in [1.54, 1.807) is 0 Å². The summed E-state index contributed by atoms with van der Waals surface area (Å²) in [4.78, 5) is 0. The first-order valence-corrected chi connectivity index (χ1v) is 5.45. The summed E-state index contributed by atoms with van der Waals surface area (Å²) in [5.41, 5.74) is 2.93. The topological polar surface area (TPSA) is 38.0 Å². The molecule has 1 rings (SSSR count). The van der Waals surface area contributed by atoms with E-state index in [4.69, 9.17) is 5.84 Å². The molecule has 0 amide bonds. The Kier molecular flexibility index (Phi) is 5.09. The van der Waals surface area contributed by atoms with Crippen LogP contribution in [0, 0.1) is 5.92 Å². The highest BCUT2D eigenvalue weighted by molar-refractivity contribution is 4.84. The van der Waals surface area contributed by atoms with E-state index < -0.39 is 0 Å². The Hall–Kier alpha value is -0.340. The van der Waals surface area contributed by atoms with Gasteiger partial charge < -0.3 is 0 Å². The van der Waals surface area contributed by atoms with Gasteiger partial charge in [-0.1, -0.05) is 18.9 Å². The van der Waals surface area contributed by atoms with E-state index in [-0.39, 0.29) is 0 Å². The van der Waals surface area contributed by atoms with Crippen molar-refractivity contribution in [1.29, 1.82) is 0 Å². The van der Waals surface area contributed by atoms with Gasteiger partial charge in [-0.25, -0.2) is 0 Å². The zero-order valence-corrected chi connectivity index (χ0v) is 8.47. The fourth-order valence-electron chi connectivity index (χ4n) is 1.78. The molecule has 1 saturated carbocycles. The van der Waals surface area contributed by atoms with Crippen LogP contribution >= 0.6 is 0 Å². The molecule has 1 aliphatic carbocycles. The quantitative estimate of drug-likeness (QED) is 0.262. The summed E-state index contributed by atoms with van der Waals surface area (Å²) in [6.45, 7) is 3.72. The van der Waals surface area contributed by atoms with E-state index in [1.807, 2.05) is 6.08 Å². The fraction of sp³-hybridized carbons (Fsp3) is 0.818. The molecule has 1 atom stereocenters. The van der Waals surface area contributed by atoms with Crippen LogP contribution in [-0.4, -0.2) is 6.04 Å². The number of hydrazine groups is 1. The van der Waals surface area contributed by atoms with E-state index in [0.29, 0.717) is 6.04 Å². The van der Waals surface area contributed by atoms with Gasteiger partial charge in [-0.15, -0.1) is 6.58 Å². The predicted molar refractivity (Wildman–Crippen MR) is 57.1 cm³/mol. The van der Waals surface area contributed by atoms with Crippen LogP contribution in [0.15, 0.2) is 12.7 Å². The minimum atomic E-state index is 0.587. The normalized spacial score (nSPS) is 18.5. The molecule has 0 aromatic carbocycles. The van der Waals surface area contributed by atoms with Crippen molar-refractivity contribution in [2.24, 2.45) is 11.8 Å². The Morgan fingerprint density at radius 3 is 2.69 bits per heavy atom. The van der Waals surface area contributed by atoms with Crippen molar-refractivity contribution in [1.82, 2.24) is 5.43 Å². The molecule has 0 spiro atoms. The van der Waals surface area contributed by atoms with E-state index in [1.165, 1.54) is 38.5 Å². The van der Waals surface area contributed by atoms with Gasteiger partial charge in [0.25, 0.3) is 0 Å². The largest absolute Gasteiger partial charge is 0.271 e. The number of unbranched alkanes of at least 4 members (excludes halogenated alkanes) is 3. The summed E-state index contributed by atoms with van der Waals surface area (Å²) in [5, 5.41) is 0. The number of nitrogens with one attached hydrogen (secondary N) is 1. The minimum Gasteiger partial charge on any atom is -0.271 e. The zero-order chi connectivity index (χ0) is 9.52. The number of hydrogen-bond acceptors (Lipinski definition) is 2. The van der Waals surface area contributed by atoms with Crippen molar-refractivity contribution in [3.05, 3.63) is 12.7 Å². The molecular weight excluding hydrogens is 160 g/mol. The Labute approximate surface area is 81.6 Å². The Morgan fingerprint density at radius 1 is 1.38 bits per heavy atom. The van der Waals surface area contributed by atoms with Crippen molar-refractivity contribution < 1.29 is 0 Å². The molecule has 2 nitrogen and oxygen atoms in total. The van der Waals surface area contributed by atoms with Crippen LogP contribution in [0.4, 0.5) is 0 Å². The standard InChI is InChI=1S/C11H22N2/c1-2-3-4-5-6-7-11(13-12)10-8-9-10/h2,10-11,13H,1,3-9,12H2. The highest BCUT2D eigenvalue weighted by Gasteiger charge is 2.29. The van der Waals surface area contributed by atoms with E-state index in [2.05, 4.69) is 12.0 Å². The maximum atomic E-state index is 5.49. The van der Waals surface area contributed by atoms with E-state index in [9.17, 15) is 0 Å². The van der Waals surface area contributed by atoms with Gasteiger partial charge in [0.15, 0.2) is 0 Å². The SMILES string of the molecule is C=CCCCCCC(NN)C1CC1. The second-order valence-corrected chi connectivity index (χ2v) is 4.04. The molecule has 13 heavy (non-hydrogen) atoms. The minimum absolute atomic E-state index is 0.587. The average molecular weight is 182 g/mol. The highest BCUT2D eigenvalue weighted by Crippen LogP contribution is 2.34. The van der Waals surface area contributed by atoms with Gasteiger partial charge in [-0.3, -0.25) is 11.3 Å². The molecule has 2 heteroatoms. The summed E-state index contributed by atoms with van der Waals surface area (Å²) in [6, 6.07) is 0.587. The number of nitrogens with two attached hydrogens (primary N) is 1. The third-order valence-electron chi connectivity index (χ3n) is 2.83. The van der Waals surface area contributed by atoms with Crippen molar-refractivity contribution in [2.75, 3.05) is 0 Å². The average Bonchev–Trinajstić information content (AvgIpc) is 2.95. The third-order valence-corrected chi connectivity index (χ3v) is 2.83. The van der Waals surface area contributed by atoms with Crippen LogP contribution in [0.3, 0.4) is 0 Å². The van der Waals surface area contributed by atoms with Gasteiger partial charge in [0.2, 0.25) is 0 Å². The smallest absolute Gasteiger partial charge is 0.0238 e. The van der Waals surface area contributed by atoms with Crippen molar-refractivity contribution >= 4 is 0 Å². The van der Waals surface area contributed by atoms with E-state index in [0.717, 1.165) is 12.3 Å². The summed E-state index contributed by atoms with van der Waals surface area (Å²) >= 11 is 0. The first-order chi connectivity index (χ1) is 6.38. The molecular formula is C11H22N2. The van der Waals surface area contributed by atoms with Crippen molar-refractivity contribution in [2.45, 2.75) is 51.0 Å². The summed E-state index contributed by atoms with van der Waals surface area (Å²) in [6.07, 6.45) is 11.1. The number of hydrogen-bond donors (Lipinski definition) is 2. The second kappa shape index (κ2) is 6.17. The lowest BCUT2D eigenvalue weighted by molar-refractivity contribution is 0.425. The van der Waals surface area contributed by atoms with Gasteiger partial charge in [-0.05, 0) is 38.0 Å². The molecule has 1 fully saturated rings. The van der Waals surface area contributed by atoms with Crippen molar-refractivity contribution in [3.63, 3.8) is 0 Å². The molecule has 0 heterocycles. The Balaban J connectivity index is 1.93. The molecule has 0 aliphatic heterocycles. The summed E-state index contributed by atoms with van der Waals surface area (Å²) < 4.78 is 0. The second-order valence-electron chi connectivity index (χ2n) is 4.04. The molecule has 0 radical (unpaired) electrons. The highest BCUT2D eigenvalue weighted by atomic mass is 15.2. The van der Waals surface area contributed by atoms with Crippen LogP contribution in [0.5, 0.6) is 0 Å². The first-order valence-electron chi connectivity index (χ1n) is 5.45. The molecule has 76 valence electrons. The lowest BCUT2D eigenvalue weighted by Crippen LogP contribution is -2.36. The van der Waals surface area contributed by atoms with Crippen LogP contribution in [0.2, 0.25) is 0 Å². The molecule has 0 aromatic rings. The lowest BCUT2D eigenvalue weighted by Gasteiger charge is -2.13. The monoisotopic (exact) mass is 182 g/mol. The number of rotatable bonds is 8. The van der Waals surface area contributed by atoms with Crippen LogP contribution in [-0.2, 0) is 0 Å². The van der Waals surface area contributed by atoms with Gasteiger partial charge in [0.1, 0.15) is 0 Å². The van der Waals surface area contributed by atoms with Crippen molar-refractivity contribution in [3.8, 4) is 0 Å². The maximum Gasteiger partial charge on any atom is 0.0238 e. The number of allylic oxidation sites excluding steroid dienone is 1. The van der Waals surface area contributed by atoms with Gasteiger partial charge in [0.05, 0.1) is 0 Å². The molecule has 0 bridgehead atoms. The first kappa shape index (κ1) is 10.7. The van der Waals surface area contributed by atoms with Gasteiger partial charge >= 0.3 is 0 Å². The molecule has 0 aromatic heterocycles. The molecule has 1 unspecified atom stereocenters. The third kappa shape index (κ3) is 4.44. The maximum absolute atomic E-state index is 5.49. The van der Waals surface area contributed by atoms with E-state index >= 15 is 0 Å². The predicted octanol–water partition coefficient (Wildman–Crippen LogP) is 2.36. The van der Waals surface area contributed by atoms with Gasteiger partial charge in [-0.2, -0.15) is 0 Å². The Morgan fingerprint density at radius 2 is 2.15 bits per heavy atom. The molecule has 3 N–H and O–H groups in total. The lowest BCUT2D eigenvalue weighted by atomic mass is 10.0. The molecule has 1 aliphatic rings. The fourth-order valence-corrected chi connectivity index (χ4v) is 1.78. The molecule has 0 saturated heterocycles. The summed E-state index contributed by atoms with van der Waals surface area (Å²) in [5.74, 6) is 6.37. The Bertz CT molecular complexity index is 141. The van der Waals surface area contributed by atoms with Crippen LogP contribution in [0.1, 0.15) is 44.9 Å². The summed E-state index contributed by atoms with van der Waals surface area (Å²) in [7, 11) is 0.